The molecular weight excluding hydrogens is 377 g/mol. The fourth-order valence-electron chi connectivity index (χ4n) is 3.47. The first kappa shape index (κ1) is 17.8. The Hall–Kier alpha value is -3.24. The van der Waals surface area contributed by atoms with Crippen LogP contribution in [0, 0.1) is 5.82 Å². The van der Waals surface area contributed by atoms with E-state index in [4.69, 9.17) is 4.74 Å². The van der Waals surface area contributed by atoms with Gasteiger partial charge >= 0.3 is 0 Å². The molecule has 0 N–H and O–H groups in total. The largest absolute Gasteiger partial charge is 0.379 e. The molecule has 1 aromatic carbocycles. The van der Waals surface area contributed by atoms with E-state index in [1.807, 2.05) is 0 Å². The third-order valence-electron chi connectivity index (χ3n) is 5.10. The van der Waals surface area contributed by atoms with Crippen molar-refractivity contribution < 1.29 is 9.13 Å². The first-order chi connectivity index (χ1) is 14.2. The molecule has 0 spiro atoms. The minimum Gasteiger partial charge on any atom is -0.379 e. The molecule has 0 atom stereocenters. The molecule has 4 aromatic rings. The number of ether oxygens (including phenoxy) is 1. The summed E-state index contributed by atoms with van der Waals surface area (Å²) >= 11 is 0. The van der Waals surface area contributed by atoms with Crippen molar-refractivity contribution in [3.8, 4) is 11.1 Å². The van der Waals surface area contributed by atoms with Crippen LogP contribution in [-0.2, 0) is 11.3 Å². The molecule has 5 rings (SSSR count). The highest BCUT2D eigenvalue weighted by atomic mass is 19.1. The lowest BCUT2D eigenvalue weighted by molar-refractivity contribution is 0.0362. The van der Waals surface area contributed by atoms with Crippen molar-refractivity contribution in [1.29, 1.82) is 0 Å². The zero-order valence-corrected chi connectivity index (χ0v) is 15.5. The summed E-state index contributed by atoms with van der Waals surface area (Å²) in [5.74, 6) is -0.318. The minimum absolute atomic E-state index is 0.163. The summed E-state index contributed by atoms with van der Waals surface area (Å²) in [4.78, 5) is 19.5. The van der Waals surface area contributed by atoms with E-state index in [1.54, 1.807) is 22.9 Å². The van der Waals surface area contributed by atoms with Gasteiger partial charge in [0.05, 0.1) is 19.4 Å². The van der Waals surface area contributed by atoms with Crippen molar-refractivity contribution in [3.05, 3.63) is 53.0 Å². The summed E-state index contributed by atoms with van der Waals surface area (Å²) in [6.45, 7) is 4.39. The van der Waals surface area contributed by atoms with Crippen LogP contribution in [0.5, 0.6) is 0 Å². The Morgan fingerprint density at radius 2 is 1.83 bits per heavy atom. The summed E-state index contributed by atoms with van der Waals surface area (Å²) < 4.78 is 21.6. The van der Waals surface area contributed by atoms with E-state index < -0.39 is 0 Å². The number of morpholine rings is 1. The maximum Gasteiger partial charge on any atom is 0.283 e. The predicted molar refractivity (Wildman–Crippen MR) is 103 cm³/mol. The Morgan fingerprint density at radius 1 is 1.03 bits per heavy atom. The molecule has 0 radical (unpaired) electrons. The first-order valence-electron chi connectivity index (χ1n) is 9.36. The van der Waals surface area contributed by atoms with E-state index >= 15 is 0 Å². The molecule has 0 unspecified atom stereocenters. The van der Waals surface area contributed by atoms with Gasteiger partial charge in [-0.15, -0.1) is 10.2 Å². The lowest BCUT2D eigenvalue weighted by Gasteiger charge is -2.26. The van der Waals surface area contributed by atoms with Crippen LogP contribution in [-0.4, -0.2) is 67.1 Å². The van der Waals surface area contributed by atoms with E-state index in [0.717, 1.165) is 25.2 Å². The average molecular weight is 395 g/mol. The Morgan fingerprint density at radius 3 is 2.62 bits per heavy atom. The van der Waals surface area contributed by atoms with E-state index in [1.165, 1.54) is 23.0 Å². The third-order valence-corrected chi connectivity index (χ3v) is 5.10. The smallest absolute Gasteiger partial charge is 0.283 e. The van der Waals surface area contributed by atoms with E-state index in [0.29, 0.717) is 36.6 Å². The SMILES string of the molecule is O=c1c2nnc3c(-c4ccc(F)cc4)cnn3c2ncn1CCN1CCOCC1. The van der Waals surface area contributed by atoms with Crippen LogP contribution in [0.3, 0.4) is 0 Å². The van der Waals surface area contributed by atoms with Crippen LogP contribution < -0.4 is 5.56 Å². The Balaban J connectivity index is 1.50. The maximum absolute atomic E-state index is 13.2. The second-order valence-electron chi connectivity index (χ2n) is 6.87. The number of fused-ring (bicyclic) bond motifs is 3. The quantitative estimate of drug-likeness (QED) is 0.509. The summed E-state index contributed by atoms with van der Waals surface area (Å²) in [5, 5.41) is 12.6. The van der Waals surface area contributed by atoms with Gasteiger partial charge in [0.15, 0.2) is 16.8 Å². The molecule has 4 heterocycles. The summed E-state index contributed by atoms with van der Waals surface area (Å²) in [5.41, 5.74) is 2.16. The number of rotatable bonds is 4. The molecule has 0 aliphatic carbocycles. The van der Waals surface area contributed by atoms with Crippen molar-refractivity contribution >= 4 is 16.8 Å². The molecule has 9 nitrogen and oxygen atoms in total. The van der Waals surface area contributed by atoms with Gasteiger partial charge in [0, 0.05) is 31.7 Å². The van der Waals surface area contributed by atoms with Crippen LogP contribution in [0.2, 0.25) is 0 Å². The Labute approximate surface area is 164 Å². The van der Waals surface area contributed by atoms with Gasteiger partial charge in [-0.2, -0.15) is 9.61 Å². The van der Waals surface area contributed by atoms with Crippen LogP contribution in [0.25, 0.3) is 27.9 Å². The highest BCUT2D eigenvalue weighted by Crippen LogP contribution is 2.24. The Bertz CT molecular complexity index is 1230. The standard InChI is InChI=1S/C19H18FN7O2/c20-14-3-1-13(2-4-14)15-11-22-27-17(15)24-23-16-18(27)21-12-26(19(16)28)6-5-25-7-9-29-10-8-25/h1-4,11-12H,5-10H2. The van der Waals surface area contributed by atoms with E-state index in [-0.39, 0.29) is 16.9 Å². The molecule has 148 valence electrons. The van der Waals surface area contributed by atoms with Crippen LogP contribution in [0.4, 0.5) is 4.39 Å². The van der Waals surface area contributed by atoms with Gasteiger partial charge in [0.1, 0.15) is 12.1 Å². The molecular formula is C19H18FN7O2. The second kappa shape index (κ2) is 7.30. The monoisotopic (exact) mass is 395 g/mol. The average Bonchev–Trinajstić information content (AvgIpc) is 3.19. The van der Waals surface area contributed by atoms with Crippen LogP contribution in [0.15, 0.2) is 41.6 Å². The van der Waals surface area contributed by atoms with E-state index in [2.05, 4.69) is 25.2 Å². The molecule has 1 fully saturated rings. The molecule has 10 heteroatoms. The van der Waals surface area contributed by atoms with Gasteiger partial charge in [-0.3, -0.25) is 14.3 Å². The zero-order valence-electron chi connectivity index (χ0n) is 15.5. The molecule has 3 aromatic heterocycles. The van der Waals surface area contributed by atoms with Crippen molar-refractivity contribution in [2.24, 2.45) is 0 Å². The molecule has 1 aliphatic heterocycles. The second-order valence-corrected chi connectivity index (χ2v) is 6.87. The van der Waals surface area contributed by atoms with Crippen molar-refractivity contribution in [3.63, 3.8) is 0 Å². The first-order valence-corrected chi connectivity index (χ1v) is 9.36. The highest BCUT2D eigenvalue weighted by molar-refractivity contribution is 5.80. The zero-order chi connectivity index (χ0) is 19.8. The van der Waals surface area contributed by atoms with Gasteiger partial charge in [0.2, 0.25) is 0 Å². The van der Waals surface area contributed by atoms with Crippen molar-refractivity contribution in [2.75, 3.05) is 32.8 Å². The summed E-state index contributed by atoms with van der Waals surface area (Å²) in [7, 11) is 0. The molecule has 0 saturated carbocycles. The fraction of sp³-hybridized carbons (Fsp3) is 0.316. The van der Waals surface area contributed by atoms with Crippen LogP contribution in [0.1, 0.15) is 0 Å². The highest BCUT2D eigenvalue weighted by Gasteiger charge is 2.16. The number of nitrogens with zero attached hydrogens (tertiary/aromatic N) is 7. The molecule has 1 saturated heterocycles. The lowest BCUT2D eigenvalue weighted by atomic mass is 10.1. The third kappa shape index (κ3) is 3.26. The van der Waals surface area contributed by atoms with E-state index in [9.17, 15) is 9.18 Å². The number of aromatic nitrogens is 6. The summed E-state index contributed by atoms with van der Waals surface area (Å²) in [6, 6.07) is 6.04. The summed E-state index contributed by atoms with van der Waals surface area (Å²) in [6.07, 6.45) is 3.13. The number of halogens is 1. The molecule has 1 aliphatic rings. The molecule has 29 heavy (non-hydrogen) atoms. The van der Waals surface area contributed by atoms with Gasteiger partial charge in [0.25, 0.3) is 5.56 Å². The lowest BCUT2D eigenvalue weighted by Crippen LogP contribution is -2.39. The van der Waals surface area contributed by atoms with Gasteiger partial charge in [-0.25, -0.2) is 9.37 Å². The van der Waals surface area contributed by atoms with Gasteiger partial charge in [-0.1, -0.05) is 12.1 Å². The maximum atomic E-state index is 13.2. The predicted octanol–water partition coefficient (Wildman–Crippen LogP) is 0.972. The minimum atomic E-state index is -0.318. The number of benzene rings is 1. The van der Waals surface area contributed by atoms with Crippen molar-refractivity contribution in [1.82, 2.24) is 34.3 Å². The Kier molecular flexibility index (Phi) is 4.49. The normalized spacial score (nSPS) is 15.3. The number of hydrogen-bond acceptors (Lipinski definition) is 7. The van der Waals surface area contributed by atoms with Crippen molar-refractivity contribution in [2.45, 2.75) is 6.54 Å². The van der Waals surface area contributed by atoms with Gasteiger partial charge in [-0.05, 0) is 17.7 Å². The number of hydrogen-bond donors (Lipinski definition) is 0. The van der Waals surface area contributed by atoms with Gasteiger partial charge < -0.3 is 4.74 Å². The fourth-order valence-corrected chi connectivity index (χ4v) is 3.47. The topological polar surface area (TPSA) is 90.4 Å². The molecule has 0 amide bonds. The molecule has 0 bridgehead atoms. The van der Waals surface area contributed by atoms with Crippen LogP contribution >= 0.6 is 0 Å².